The zero-order chi connectivity index (χ0) is 23.4. The Morgan fingerprint density at radius 2 is 2.00 bits per heavy atom. The number of hydrogen-bond donors (Lipinski definition) is 1. The quantitative estimate of drug-likeness (QED) is 0.373. The molecule has 0 aliphatic rings. The second-order valence-corrected chi connectivity index (χ2v) is 7.79. The third kappa shape index (κ3) is 5.50. The van der Waals surface area contributed by atoms with Crippen LogP contribution >= 0.6 is 23.2 Å². The summed E-state index contributed by atoms with van der Waals surface area (Å²) in [6.07, 6.45) is -0.774. The molecule has 1 N–H and O–H groups in total. The van der Waals surface area contributed by atoms with E-state index in [2.05, 4.69) is 20.6 Å². The first-order valence-electron chi connectivity index (χ1n) is 9.91. The van der Waals surface area contributed by atoms with E-state index in [9.17, 15) is 9.18 Å². The van der Waals surface area contributed by atoms with Gasteiger partial charge in [0.1, 0.15) is 18.2 Å². The van der Waals surface area contributed by atoms with Crippen LogP contribution < -0.4 is 14.8 Å². The summed E-state index contributed by atoms with van der Waals surface area (Å²) in [4.78, 5) is 12.3. The van der Waals surface area contributed by atoms with Crippen molar-refractivity contribution in [3.8, 4) is 23.0 Å². The van der Waals surface area contributed by atoms with E-state index < -0.39 is 6.10 Å². The highest BCUT2D eigenvalue weighted by molar-refractivity contribution is 6.35. The van der Waals surface area contributed by atoms with Gasteiger partial charge in [0.2, 0.25) is 5.88 Å². The second kappa shape index (κ2) is 10.0. The van der Waals surface area contributed by atoms with Crippen molar-refractivity contribution in [3.05, 3.63) is 70.5 Å². The highest BCUT2D eigenvalue weighted by Crippen LogP contribution is 2.28. The Balaban J connectivity index is 1.32. The van der Waals surface area contributed by atoms with Crippen molar-refractivity contribution in [2.75, 3.05) is 13.2 Å². The van der Waals surface area contributed by atoms with Crippen LogP contribution in [0.1, 0.15) is 6.92 Å². The molecule has 0 saturated carbocycles. The van der Waals surface area contributed by atoms with E-state index in [0.717, 1.165) is 0 Å². The van der Waals surface area contributed by atoms with Crippen molar-refractivity contribution < 1.29 is 18.7 Å². The summed E-state index contributed by atoms with van der Waals surface area (Å²) < 4.78 is 26.2. The normalized spacial score (nSPS) is 11.9. The number of fused-ring (bicyclic) bond motifs is 1. The second-order valence-electron chi connectivity index (χ2n) is 6.95. The average molecular weight is 490 g/mol. The van der Waals surface area contributed by atoms with Crippen LogP contribution in [0.15, 0.2) is 54.6 Å². The molecular formula is C22H18Cl2FN5O3. The average Bonchev–Trinajstić information content (AvgIpc) is 3.21. The first-order valence-corrected chi connectivity index (χ1v) is 10.7. The van der Waals surface area contributed by atoms with Crippen molar-refractivity contribution >= 4 is 34.8 Å². The van der Waals surface area contributed by atoms with Crippen molar-refractivity contribution in [3.63, 3.8) is 0 Å². The highest BCUT2D eigenvalue weighted by Gasteiger charge is 2.16. The molecule has 2 aromatic heterocycles. The van der Waals surface area contributed by atoms with Gasteiger partial charge in [-0.15, -0.1) is 15.3 Å². The van der Waals surface area contributed by atoms with Crippen LogP contribution in [0, 0.1) is 5.82 Å². The van der Waals surface area contributed by atoms with E-state index in [1.54, 1.807) is 43.3 Å². The van der Waals surface area contributed by atoms with Crippen molar-refractivity contribution in [1.29, 1.82) is 0 Å². The number of nitrogens with zero attached hydrogens (tertiary/aromatic N) is 4. The molecule has 0 aliphatic carbocycles. The number of amides is 1. The number of halogens is 3. The van der Waals surface area contributed by atoms with Gasteiger partial charge in [-0.05, 0) is 43.3 Å². The molecule has 0 bridgehead atoms. The third-order valence-electron chi connectivity index (χ3n) is 4.54. The molecule has 0 radical (unpaired) electrons. The summed E-state index contributed by atoms with van der Waals surface area (Å²) in [7, 11) is 0. The lowest BCUT2D eigenvalue weighted by Gasteiger charge is -2.16. The number of aromatic nitrogens is 4. The molecule has 1 unspecified atom stereocenters. The number of rotatable bonds is 8. The maximum Gasteiger partial charge on any atom is 0.260 e. The number of ether oxygens (including phenoxy) is 2. The molecule has 0 fully saturated rings. The highest BCUT2D eigenvalue weighted by atomic mass is 35.5. The van der Waals surface area contributed by atoms with Crippen molar-refractivity contribution in [2.24, 2.45) is 0 Å². The van der Waals surface area contributed by atoms with Crippen LogP contribution in [-0.2, 0) is 4.79 Å². The fraction of sp³-hybridized carbons (Fsp3) is 0.182. The van der Waals surface area contributed by atoms with Gasteiger partial charge in [0.15, 0.2) is 17.6 Å². The Labute approximate surface area is 198 Å². The molecule has 0 saturated heterocycles. The third-order valence-corrected chi connectivity index (χ3v) is 5.07. The van der Waals surface area contributed by atoms with Crippen LogP contribution in [0.5, 0.6) is 11.6 Å². The van der Waals surface area contributed by atoms with E-state index in [1.807, 2.05) is 0 Å². The Hall–Kier alpha value is -3.43. The van der Waals surface area contributed by atoms with Crippen molar-refractivity contribution in [2.45, 2.75) is 13.0 Å². The predicted octanol–water partition coefficient (Wildman–Crippen LogP) is 4.20. The molecule has 2 aromatic carbocycles. The number of nitrogens with one attached hydrogen (secondary N) is 1. The Morgan fingerprint density at radius 3 is 2.79 bits per heavy atom. The minimum absolute atomic E-state index is 0.163. The van der Waals surface area contributed by atoms with Crippen LogP contribution in [0.2, 0.25) is 10.0 Å². The van der Waals surface area contributed by atoms with Gasteiger partial charge in [-0.3, -0.25) is 4.79 Å². The lowest BCUT2D eigenvalue weighted by atomic mass is 10.2. The Kier molecular flexibility index (Phi) is 6.90. The molecule has 33 heavy (non-hydrogen) atoms. The molecule has 4 rings (SSSR count). The Bertz CT molecular complexity index is 1300. The zero-order valence-corrected chi connectivity index (χ0v) is 18.8. The summed E-state index contributed by atoms with van der Waals surface area (Å²) in [6, 6.07) is 14.1. The number of benzene rings is 2. The SMILES string of the molecule is CC(Oc1ccc(Cl)cc1Cl)C(=O)NCCOc1ccc2nnc(-c3cccc(F)c3)n2n1. The molecule has 1 amide bonds. The lowest BCUT2D eigenvalue weighted by Crippen LogP contribution is -2.38. The van der Waals surface area contributed by atoms with E-state index in [-0.39, 0.29) is 24.9 Å². The zero-order valence-electron chi connectivity index (χ0n) is 17.3. The van der Waals surface area contributed by atoms with Gasteiger partial charge in [-0.2, -0.15) is 4.52 Å². The minimum Gasteiger partial charge on any atom is -0.479 e. The summed E-state index contributed by atoms with van der Waals surface area (Å²) in [5.74, 6) is 0.325. The summed E-state index contributed by atoms with van der Waals surface area (Å²) >= 11 is 11.9. The Morgan fingerprint density at radius 1 is 1.15 bits per heavy atom. The molecule has 2 heterocycles. The first-order chi connectivity index (χ1) is 15.9. The molecule has 11 heteroatoms. The maximum atomic E-state index is 13.6. The number of hydrogen-bond acceptors (Lipinski definition) is 6. The van der Waals surface area contributed by atoms with Gasteiger partial charge in [0.25, 0.3) is 5.91 Å². The fourth-order valence-electron chi connectivity index (χ4n) is 2.94. The van der Waals surface area contributed by atoms with Gasteiger partial charge in [0, 0.05) is 16.7 Å². The molecular weight excluding hydrogens is 472 g/mol. The summed E-state index contributed by atoms with van der Waals surface area (Å²) in [5, 5.41) is 16.0. The van der Waals surface area contributed by atoms with E-state index in [4.69, 9.17) is 32.7 Å². The van der Waals surface area contributed by atoms with Crippen LogP contribution in [0.3, 0.4) is 0 Å². The van der Waals surface area contributed by atoms with Gasteiger partial charge >= 0.3 is 0 Å². The van der Waals surface area contributed by atoms with E-state index >= 15 is 0 Å². The number of carbonyl (C=O) groups excluding carboxylic acids is 1. The van der Waals surface area contributed by atoms with Gasteiger partial charge in [-0.25, -0.2) is 4.39 Å². The first kappa shape index (κ1) is 22.8. The topological polar surface area (TPSA) is 90.6 Å². The van der Waals surface area contributed by atoms with Crippen LogP contribution in [0.25, 0.3) is 17.0 Å². The number of carbonyl (C=O) groups is 1. The van der Waals surface area contributed by atoms with Crippen molar-refractivity contribution in [1.82, 2.24) is 25.1 Å². The molecule has 1 atom stereocenters. The predicted molar refractivity (Wildman–Crippen MR) is 121 cm³/mol. The van der Waals surface area contributed by atoms with E-state index in [1.165, 1.54) is 22.7 Å². The van der Waals surface area contributed by atoms with Crippen LogP contribution in [-0.4, -0.2) is 45.0 Å². The molecule has 0 aliphatic heterocycles. The summed E-state index contributed by atoms with van der Waals surface area (Å²) in [6.45, 7) is 1.99. The van der Waals surface area contributed by atoms with Crippen LogP contribution in [0.4, 0.5) is 4.39 Å². The molecule has 4 aromatic rings. The maximum absolute atomic E-state index is 13.6. The minimum atomic E-state index is -0.774. The fourth-order valence-corrected chi connectivity index (χ4v) is 3.40. The lowest BCUT2D eigenvalue weighted by molar-refractivity contribution is -0.127. The smallest absolute Gasteiger partial charge is 0.260 e. The van der Waals surface area contributed by atoms with E-state index in [0.29, 0.717) is 38.7 Å². The summed E-state index contributed by atoms with van der Waals surface area (Å²) in [5.41, 5.74) is 1.02. The largest absolute Gasteiger partial charge is 0.479 e. The standard InChI is InChI=1S/C22H18Cl2FN5O3/c1-13(33-18-6-5-15(23)12-17(18)24)22(31)26-9-10-32-20-8-7-19-27-28-21(30(19)29-20)14-3-2-4-16(25)11-14/h2-8,11-13H,9-10H2,1H3,(H,26,31). The van der Waals surface area contributed by atoms with Gasteiger partial charge < -0.3 is 14.8 Å². The van der Waals surface area contributed by atoms with Gasteiger partial charge in [0.05, 0.1) is 11.6 Å². The molecule has 0 spiro atoms. The van der Waals surface area contributed by atoms with Gasteiger partial charge in [-0.1, -0.05) is 35.3 Å². The molecule has 8 nitrogen and oxygen atoms in total. The molecule has 170 valence electrons. The monoisotopic (exact) mass is 489 g/mol.